The van der Waals surface area contributed by atoms with Gasteiger partial charge in [0.05, 0.1) is 0 Å². The van der Waals surface area contributed by atoms with Crippen molar-refractivity contribution >= 4 is 11.4 Å². The maximum absolute atomic E-state index is 13.4. The van der Waals surface area contributed by atoms with Gasteiger partial charge in [0, 0.05) is 11.3 Å². The van der Waals surface area contributed by atoms with Gasteiger partial charge < -0.3 is 5.11 Å². The Bertz CT molecular complexity index is 702. The lowest BCUT2D eigenvalue weighted by molar-refractivity contribution is -0.132. The normalized spacial score (nSPS) is 30.6. The highest BCUT2D eigenvalue weighted by molar-refractivity contribution is 6.09. The topological polar surface area (TPSA) is 37.3 Å². The molecule has 110 valence electrons. The number of carbonyl (C=O) groups excluding carboxylic acids is 1. The van der Waals surface area contributed by atoms with Gasteiger partial charge in [-0.15, -0.1) is 0 Å². The molecular formula is C16H13F3O2. The van der Waals surface area contributed by atoms with E-state index >= 15 is 0 Å². The molecule has 1 saturated carbocycles. The minimum Gasteiger partial charge on any atom is -0.508 e. The van der Waals surface area contributed by atoms with Crippen LogP contribution >= 0.6 is 0 Å². The Morgan fingerprint density at radius 2 is 2.05 bits per heavy atom. The number of ketones is 1. The van der Waals surface area contributed by atoms with Gasteiger partial charge in [-0.25, -0.2) is 0 Å². The number of allylic oxidation sites excluding steroid dienone is 2. The first-order valence-electron chi connectivity index (χ1n) is 7.00. The fourth-order valence-electron chi connectivity index (χ4n) is 4.46. The number of alkyl halides is 3. The molecule has 2 unspecified atom stereocenters. The number of hydrogen-bond acceptors (Lipinski definition) is 2. The maximum atomic E-state index is 13.4. The second-order valence-corrected chi connectivity index (χ2v) is 6.35. The minimum atomic E-state index is -4.61. The molecule has 1 spiro atoms. The van der Waals surface area contributed by atoms with Crippen LogP contribution in [0.1, 0.15) is 30.4 Å². The Morgan fingerprint density at radius 1 is 1.29 bits per heavy atom. The first-order chi connectivity index (χ1) is 9.82. The SMILES string of the molecule is O=C1C(C(F)(F)F)=C2c3ccc(O)cc3CC23CCC1C3. The van der Waals surface area contributed by atoms with Gasteiger partial charge in [-0.3, -0.25) is 4.79 Å². The van der Waals surface area contributed by atoms with Gasteiger partial charge in [-0.2, -0.15) is 13.2 Å². The van der Waals surface area contributed by atoms with Crippen LogP contribution in [0.2, 0.25) is 0 Å². The standard InChI is InChI=1S/C16H13F3O2/c17-16(18,19)13-12-11-2-1-10(20)5-9(11)7-15(12)4-3-8(6-15)14(13)21/h1-2,5,8,20H,3-4,6-7H2. The summed E-state index contributed by atoms with van der Waals surface area (Å²) in [6, 6.07) is 4.44. The summed E-state index contributed by atoms with van der Waals surface area (Å²) in [4.78, 5) is 12.2. The van der Waals surface area contributed by atoms with Crippen LogP contribution < -0.4 is 0 Å². The predicted octanol–water partition coefficient (Wildman–Crippen LogP) is 3.63. The van der Waals surface area contributed by atoms with Crippen molar-refractivity contribution in [3.63, 3.8) is 0 Å². The number of aromatic hydroxyl groups is 1. The highest BCUT2D eigenvalue weighted by Gasteiger charge is 2.59. The molecule has 1 aromatic rings. The molecule has 21 heavy (non-hydrogen) atoms. The molecule has 0 saturated heterocycles. The van der Waals surface area contributed by atoms with Gasteiger partial charge in [-0.05, 0) is 54.5 Å². The molecule has 1 N–H and O–H groups in total. The average Bonchev–Trinajstić information content (AvgIpc) is 2.89. The van der Waals surface area contributed by atoms with E-state index in [0.717, 1.165) is 5.56 Å². The number of halogens is 3. The summed E-state index contributed by atoms with van der Waals surface area (Å²) in [6.45, 7) is 0. The molecule has 0 radical (unpaired) electrons. The molecule has 0 amide bonds. The number of phenols is 1. The lowest BCUT2D eigenvalue weighted by Crippen LogP contribution is -2.34. The van der Waals surface area contributed by atoms with Crippen molar-refractivity contribution in [1.29, 1.82) is 0 Å². The molecule has 3 aliphatic carbocycles. The number of carbonyl (C=O) groups is 1. The highest BCUT2D eigenvalue weighted by Crippen LogP contribution is 2.64. The third-order valence-corrected chi connectivity index (χ3v) is 5.18. The van der Waals surface area contributed by atoms with Crippen LogP contribution in [0.25, 0.3) is 5.57 Å². The van der Waals surface area contributed by atoms with Crippen molar-refractivity contribution < 1.29 is 23.1 Å². The van der Waals surface area contributed by atoms with E-state index in [4.69, 9.17) is 0 Å². The van der Waals surface area contributed by atoms with Crippen molar-refractivity contribution in [1.82, 2.24) is 0 Å². The quantitative estimate of drug-likeness (QED) is 0.793. The zero-order valence-electron chi connectivity index (χ0n) is 11.1. The Hall–Kier alpha value is -1.78. The Labute approximate surface area is 119 Å². The molecule has 2 nitrogen and oxygen atoms in total. The van der Waals surface area contributed by atoms with E-state index in [9.17, 15) is 23.1 Å². The zero-order valence-corrected chi connectivity index (χ0v) is 11.1. The number of rotatable bonds is 0. The Morgan fingerprint density at radius 3 is 2.76 bits per heavy atom. The highest BCUT2D eigenvalue weighted by atomic mass is 19.4. The number of Topliss-reactive ketones (excluding diaryl/α,β-unsaturated/α-hetero) is 1. The first kappa shape index (κ1) is 12.9. The van der Waals surface area contributed by atoms with Crippen molar-refractivity contribution in [2.75, 3.05) is 0 Å². The molecule has 3 aliphatic rings. The number of benzene rings is 1. The molecule has 1 fully saturated rings. The van der Waals surface area contributed by atoms with Gasteiger partial charge in [0.2, 0.25) is 0 Å². The van der Waals surface area contributed by atoms with Gasteiger partial charge in [0.25, 0.3) is 0 Å². The average molecular weight is 294 g/mol. The van der Waals surface area contributed by atoms with Crippen LogP contribution in [0.15, 0.2) is 23.8 Å². The first-order valence-corrected chi connectivity index (χ1v) is 7.00. The van der Waals surface area contributed by atoms with Crippen molar-refractivity contribution in [2.45, 2.75) is 31.9 Å². The van der Waals surface area contributed by atoms with E-state index in [0.29, 0.717) is 31.2 Å². The van der Waals surface area contributed by atoms with Crippen LogP contribution in [0.3, 0.4) is 0 Å². The van der Waals surface area contributed by atoms with Crippen LogP contribution in [-0.4, -0.2) is 17.1 Å². The second-order valence-electron chi connectivity index (χ2n) is 6.35. The van der Waals surface area contributed by atoms with E-state index in [1.165, 1.54) is 18.2 Å². The third kappa shape index (κ3) is 1.57. The van der Waals surface area contributed by atoms with Crippen LogP contribution in [0, 0.1) is 11.3 Å². The van der Waals surface area contributed by atoms with Gasteiger partial charge in [0.1, 0.15) is 11.3 Å². The van der Waals surface area contributed by atoms with E-state index in [-0.39, 0.29) is 11.3 Å². The van der Waals surface area contributed by atoms with Gasteiger partial charge >= 0.3 is 6.18 Å². The molecule has 4 rings (SSSR count). The molecule has 0 aromatic heterocycles. The molecule has 2 atom stereocenters. The lowest BCUT2D eigenvalue weighted by Gasteiger charge is -2.33. The van der Waals surface area contributed by atoms with Gasteiger partial charge in [0.15, 0.2) is 5.78 Å². The fraction of sp³-hybridized carbons (Fsp3) is 0.438. The van der Waals surface area contributed by atoms with Crippen LogP contribution in [0.4, 0.5) is 13.2 Å². The van der Waals surface area contributed by atoms with Crippen molar-refractivity contribution in [3.05, 3.63) is 34.9 Å². The molecule has 2 bridgehead atoms. The molecule has 0 aliphatic heterocycles. The Kier molecular flexibility index (Phi) is 2.28. The van der Waals surface area contributed by atoms with E-state index in [1.807, 2.05) is 0 Å². The predicted molar refractivity (Wildman–Crippen MR) is 69.6 cm³/mol. The zero-order chi connectivity index (χ0) is 15.0. The summed E-state index contributed by atoms with van der Waals surface area (Å²) in [5.74, 6) is -1.18. The van der Waals surface area contributed by atoms with E-state index in [1.54, 1.807) is 0 Å². The second kappa shape index (κ2) is 3.70. The van der Waals surface area contributed by atoms with Crippen molar-refractivity contribution in [3.8, 4) is 5.75 Å². The molecule has 1 aromatic carbocycles. The lowest BCUT2D eigenvalue weighted by atomic mass is 9.71. The van der Waals surface area contributed by atoms with E-state index in [2.05, 4.69) is 0 Å². The maximum Gasteiger partial charge on any atom is 0.420 e. The van der Waals surface area contributed by atoms with E-state index < -0.39 is 28.9 Å². The van der Waals surface area contributed by atoms with Crippen LogP contribution in [0.5, 0.6) is 5.75 Å². The summed E-state index contributed by atoms with van der Waals surface area (Å²) in [7, 11) is 0. The third-order valence-electron chi connectivity index (χ3n) is 5.18. The summed E-state index contributed by atoms with van der Waals surface area (Å²) in [6.07, 6.45) is -2.46. The summed E-state index contributed by atoms with van der Waals surface area (Å²) in [5.41, 5.74) is -0.0973. The van der Waals surface area contributed by atoms with Gasteiger partial charge in [-0.1, -0.05) is 6.07 Å². The molecular weight excluding hydrogens is 281 g/mol. The largest absolute Gasteiger partial charge is 0.508 e. The minimum absolute atomic E-state index is 0.0545. The fourth-order valence-corrected chi connectivity index (χ4v) is 4.46. The monoisotopic (exact) mass is 294 g/mol. The summed E-state index contributed by atoms with van der Waals surface area (Å²) in [5, 5.41) is 9.57. The molecule has 0 heterocycles. The summed E-state index contributed by atoms with van der Waals surface area (Å²) < 4.78 is 40.3. The summed E-state index contributed by atoms with van der Waals surface area (Å²) >= 11 is 0. The number of fused-ring (bicyclic) bond motifs is 3. The number of phenolic OH excluding ortho intramolecular Hbond substituents is 1. The Balaban J connectivity index is 2.05. The van der Waals surface area contributed by atoms with Crippen molar-refractivity contribution in [2.24, 2.45) is 11.3 Å². The molecule has 5 heteroatoms. The smallest absolute Gasteiger partial charge is 0.420 e. The number of hydrogen-bond donors (Lipinski definition) is 1. The van der Waals surface area contributed by atoms with Crippen LogP contribution in [-0.2, 0) is 11.2 Å².